The second kappa shape index (κ2) is 6.08. The van der Waals surface area contributed by atoms with Crippen molar-refractivity contribution in [3.05, 3.63) is 0 Å². The zero-order chi connectivity index (χ0) is 10.4. The average molecular weight is 226 g/mol. The molecule has 74 valence electrons. The molecule has 0 saturated carbocycles. The van der Waals surface area contributed by atoms with Gasteiger partial charge in [-0.1, -0.05) is 0 Å². The van der Waals surface area contributed by atoms with Crippen LogP contribution in [-0.2, 0) is 15.2 Å². The van der Waals surface area contributed by atoms with Gasteiger partial charge in [-0.25, -0.2) is 8.42 Å². The first-order chi connectivity index (χ1) is 5.15. The summed E-state index contributed by atoms with van der Waals surface area (Å²) in [5.74, 6) is 0. The van der Waals surface area contributed by atoms with E-state index in [1.165, 1.54) is 0 Å². The van der Waals surface area contributed by atoms with Crippen molar-refractivity contribution < 1.29 is 25.8 Å². The van der Waals surface area contributed by atoms with Crippen LogP contribution in [0.1, 0.15) is 0 Å². The summed E-state index contributed by atoms with van der Waals surface area (Å²) in [6, 6.07) is 0. The summed E-state index contributed by atoms with van der Waals surface area (Å²) < 4.78 is 52.7. The highest BCUT2D eigenvalue weighted by atomic mass is 32.2. The number of rotatable bonds is 1. The lowest BCUT2D eigenvalue weighted by Gasteiger charge is -1.96. The molecule has 12 heavy (non-hydrogen) atoms. The van der Waals surface area contributed by atoms with E-state index >= 15 is 0 Å². The van der Waals surface area contributed by atoms with Crippen LogP contribution in [0.25, 0.3) is 0 Å². The van der Waals surface area contributed by atoms with Gasteiger partial charge in [-0.05, 0) is 0 Å². The lowest BCUT2D eigenvalue weighted by Crippen LogP contribution is -2.11. The first-order valence-electron chi connectivity index (χ1n) is 2.08. The highest BCUT2D eigenvalue weighted by molar-refractivity contribution is 7.96. The fraction of sp³-hybridized carbons (Fsp3) is 0.500. The molecule has 0 atom stereocenters. The molecule has 0 unspecified atom stereocenters. The summed E-state index contributed by atoms with van der Waals surface area (Å²) in [6.45, 7) is 0. The molecule has 0 aliphatic heterocycles. The van der Waals surface area contributed by atoms with E-state index < -0.39 is 17.3 Å². The van der Waals surface area contributed by atoms with Gasteiger partial charge in [-0.15, -0.1) is 25.8 Å². The Morgan fingerprint density at radius 3 is 1.75 bits per heavy atom. The Bertz CT molecular complexity index is 200. The third-order valence-electron chi connectivity index (χ3n) is 0.178. The molecular weight excluding hydrogens is 221 g/mol. The van der Waals surface area contributed by atoms with Gasteiger partial charge in [-0.2, -0.15) is 4.18 Å². The van der Waals surface area contributed by atoms with Crippen LogP contribution < -0.4 is 5.73 Å². The number of hydrogen-bond donors (Lipinski definition) is 4. The summed E-state index contributed by atoms with van der Waals surface area (Å²) in [4.78, 5) is 0. The number of hydrogen-bond acceptors (Lipinski definition) is 4. The van der Waals surface area contributed by atoms with E-state index in [2.05, 4.69) is 22.5 Å². The van der Waals surface area contributed by atoms with Crippen LogP contribution in [0.5, 0.6) is 0 Å². The molecule has 0 bridgehead atoms. The summed E-state index contributed by atoms with van der Waals surface area (Å²) in [5.41, 5.74) is 4.56. The third kappa shape index (κ3) is 33.8. The van der Waals surface area contributed by atoms with E-state index in [-0.39, 0.29) is 5.17 Å². The Morgan fingerprint density at radius 2 is 1.75 bits per heavy atom. The summed E-state index contributed by atoms with van der Waals surface area (Å²) in [6.07, 6.45) is -5.07. The second-order valence-corrected chi connectivity index (χ2v) is 2.26. The van der Waals surface area contributed by atoms with Gasteiger partial charge in [-0.3, -0.25) is 5.41 Å². The molecule has 0 radical (unpaired) electrons. The highest BCUT2D eigenvalue weighted by Gasteiger charge is 2.30. The van der Waals surface area contributed by atoms with Crippen molar-refractivity contribution in [2.75, 3.05) is 0 Å². The molecule has 0 aromatic rings. The van der Waals surface area contributed by atoms with Crippen molar-refractivity contribution >= 4 is 28.8 Å². The van der Waals surface area contributed by atoms with Crippen LogP contribution in [0, 0.1) is 5.41 Å². The van der Waals surface area contributed by atoms with Gasteiger partial charge < -0.3 is 5.73 Å². The third-order valence-corrected chi connectivity index (χ3v) is 0.534. The van der Waals surface area contributed by atoms with Gasteiger partial charge in [0.2, 0.25) is 0 Å². The van der Waals surface area contributed by atoms with Crippen molar-refractivity contribution in [2.45, 2.75) is 6.36 Å². The maximum atomic E-state index is 10.7. The molecule has 0 fully saturated rings. The topological polar surface area (TPSA) is 93.2 Å². The van der Waals surface area contributed by atoms with E-state index in [0.29, 0.717) is 0 Å². The van der Waals surface area contributed by atoms with Crippen LogP contribution in [0.15, 0.2) is 0 Å². The van der Waals surface area contributed by atoms with Crippen LogP contribution in [0.2, 0.25) is 0 Å². The number of thiol groups is 2. The first kappa shape index (κ1) is 14.1. The molecule has 5 nitrogen and oxygen atoms in total. The van der Waals surface area contributed by atoms with Crippen LogP contribution in [0.3, 0.4) is 0 Å². The largest absolute Gasteiger partial charge is 0.537 e. The Hall–Kier alpha value is -0.480. The minimum Gasteiger partial charge on any atom is -0.379 e. The lowest BCUT2D eigenvalue weighted by atomic mass is 11.4. The Kier molecular flexibility index (Phi) is 7.13. The lowest BCUT2D eigenvalue weighted by molar-refractivity contribution is -0.270. The van der Waals surface area contributed by atoms with Crippen LogP contribution in [-0.4, -0.2) is 19.9 Å². The fourth-order valence-electron chi connectivity index (χ4n) is 0.0845. The number of amidine groups is 1. The van der Waals surface area contributed by atoms with Crippen molar-refractivity contribution in [2.24, 2.45) is 5.73 Å². The van der Waals surface area contributed by atoms with Gasteiger partial charge in [0.25, 0.3) is 11.0 Å². The van der Waals surface area contributed by atoms with Gasteiger partial charge in [0.15, 0.2) is 0 Å². The molecule has 0 heterocycles. The van der Waals surface area contributed by atoms with Crippen LogP contribution in [0.4, 0.5) is 13.2 Å². The van der Waals surface area contributed by atoms with E-state index in [9.17, 15) is 13.2 Å². The fourth-order valence-corrected chi connectivity index (χ4v) is 0.254. The minimum atomic E-state index is -5.07. The number of halogens is 3. The molecule has 0 amide bonds. The Labute approximate surface area is 72.8 Å². The molecule has 3 N–H and O–H groups in total. The van der Waals surface area contributed by atoms with Crippen molar-refractivity contribution in [3.63, 3.8) is 0 Å². The van der Waals surface area contributed by atoms with Crippen molar-refractivity contribution in [3.8, 4) is 0 Å². The van der Waals surface area contributed by atoms with E-state index in [1.54, 1.807) is 0 Å². The van der Waals surface area contributed by atoms with Crippen molar-refractivity contribution in [1.29, 1.82) is 5.41 Å². The standard InChI is InChI=1S/CHF3O3S.CH4N2S/c2-1(3,4)7-8(5)6;2-1(3)4/h8H;(H4,2,3,4). The normalized spacial score (nSPS) is 10.4. The maximum Gasteiger partial charge on any atom is 0.537 e. The SMILES string of the molecule is N=C(N)S.O=[SH](=O)OC(F)(F)F. The molecule has 0 aromatic carbocycles. The first-order valence-corrected chi connectivity index (χ1v) is 3.62. The summed E-state index contributed by atoms with van der Waals surface area (Å²) in [5, 5.41) is 6.00. The summed E-state index contributed by atoms with van der Waals surface area (Å²) in [7, 11) is -3.81. The molecule has 0 saturated heterocycles. The number of nitrogens with one attached hydrogen (secondary N) is 1. The highest BCUT2D eigenvalue weighted by Crippen LogP contribution is 2.15. The van der Waals surface area contributed by atoms with E-state index in [4.69, 9.17) is 13.8 Å². The quantitative estimate of drug-likeness (QED) is 0.284. The zero-order valence-corrected chi connectivity index (χ0v) is 7.12. The second-order valence-electron chi connectivity index (χ2n) is 1.15. The van der Waals surface area contributed by atoms with Gasteiger partial charge in [0, 0.05) is 0 Å². The average Bonchev–Trinajstić information content (AvgIpc) is 1.52. The molecule has 0 aromatic heterocycles. The van der Waals surface area contributed by atoms with Gasteiger partial charge in [0.05, 0.1) is 0 Å². The molecule has 0 rings (SSSR count). The zero-order valence-electron chi connectivity index (χ0n) is 5.33. The predicted octanol–water partition coefficient (Wildman–Crippen LogP) is -0.141. The maximum absolute atomic E-state index is 10.7. The molecule has 10 heteroatoms. The Balaban J connectivity index is 0. The van der Waals surface area contributed by atoms with E-state index in [1.807, 2.05) is 0 Å². The molecule has 0 aliphatic carbocycles. The van der Waals surface area contributed by atoms with Gasteiger partial charge >= 0.3 is 6.36 Å². The minimum absolute atomic E-state index is 0.139. The predicted molar refractivity (Wildman–Crippen MR) is 38.4 cm³/mol. The monoisotopic (exact) mass is 226 g/mol. The molecule has 0 aliphatic rings. The number of alkyl halides is 3. The van der Waals surface area contributed by atoms with E-state index in [0.717, 1.165) is 0 Å². The van der Waals surface area contributed by atoms with Gasteiger partial charge in [0.1, 0.15) is 5.17 Å². The van der Waals surface area contributed by atoms with Crippen LogP contribution >= 0.6 is 12.6 Å². The molecule has 0 spiro atoms. The Morgan fingerprint density at radius 1 is 1.50 bits per heavy atom. The van der Waals surface area contributed by atoms with Crippen molar-refractivity contribution in [1.82, 2.24) is 0 Å². The number of nitrogens with two attached hydrogens (primary N) is 1. The summed E-state index contributed by atoms with van der Waals surface area (Å²) >= 11 is 3.33. The smallest absolute Gasteiger partial charge is 0.379 e. The molecular formula is C2H5F3N2O3S2.